The first-order chi connectivity index (χ1) is 17.4. The van der Waals surface area contributed by atoms with Crippen molar-refractivity contribution in [2.75, 3.05) is 12.4 Å². The van der Waals surface area contributed by atoms with E-state index in [1.54, 1.807) is 0 Å². The van der Waals surface area contributed by atoms with Crippen LogP contribution in [0, 0.1) is 0 Å². The lowest BCUT2D eigenvalue weighted by molar-refractivity contribution is -0.134. The maximum atomic E-state index is 13.0. The van der Waals surface area contributed by atoms with Gasteiger partial charge in [0, 0.05) is 19.3 Å². The second-order valence-corrected chi connectivity index (χ2v) is 9.70. The number of amides is 2. The van der Waals surface area contributed by atoms with Crippen LogP contribution in [0.25, 0.3) is 0 Å². The Bertz CT molecular complexity index is 1210. The molecule has 1 aliphatic rings. The molecular formula is C28H30BrN3O4. The Labute approximate surface area is 219 Å². The Kier molecular flexibility index (Phi) is 8.40. The normalized spacial score (nSPS) is 14.5. The zero-order valence-electron chi connectivity index (χ0n) is 20.1. The second kappa shape index (κ2) is 11.7. The number of nitrogens with two attached hydrogens (primary N) is 1. The van der Waals surface area contributed by atoms with Crippen LogP contribution >= 0.6 is 15.9 Å². The molecule has 0 aromatic heterocycles. The summed E-state index contributed by atoms with van der Waals surface area (Å²) in [5.41, 5.74) is 8.33. The number of carbonyl (C=O) groups excluding carboxylic acids is 2. The SMILES string of the molecule is COC1(C(=O)N[C@H](CC(=O)Nc2cccc(CN)c2)c2ccc(OCc3ccccc3)c(Br)c2)CC1. The summed E-state index contributed by atoms with van der Waals surface area (Å²) in [6.45, 7) is 0.813. The Morgan fingerprint density at radius 3 is 2.44 bits per heavy atom. The van der Waals surface area contributed by atoms with E-state index in [1.165, 1.54) is 7.11 Å². The van der Waals surface area contributed by atoms with Gasteiger partial charge in [-0.3, -0.25) is 9.59 Å². The lowest BCUT2D eigenvalue weighted by atomic mass is 10.0. The van der Waals surface area contributed by atoms with Gasteiger partial charge in [-0.05, 0) is 69.7 Å². The van der Waals surface area contributed by atoms with Crippen molar-refractivity contribution >= 4 is 33.4 Å². The van der Waals surface area contributed by atoms with E-state index in [4.69, 9.17) is 15.2 Å². The fourth-order valence-corrected chi connectivity index (χ4v) is 4.45. The third-order valence-corrected chi connectivity index (χ3v) is 6.87. The van der Waals surface area contributed by atoms with E-state index in [1.807, 2.05) is 72.8 Å². The van der Waals surface area contributed by atoms with Crippen molar-refractivity contribution in [3.8, 4) is 5.75 Å². The maximum Gasteiger partial charge on any atom is 0.252 e. The van der Waals surface area contributed by atoms with Gasteiger partial charge in [-0.15, -0.1) is 0 Å². The van der Waals surface area contributed by atoms with Gasteiger partial charge in [-0.1, -0.05) is 48.5 Å². The van der Waals surface area contributed by atoms with Gasteiger partial charge in [0.05, 0.1) is 16.9 Å². The van der Waals surface area contributed by atoms with Gasteiger partial charge in [-0.2, -0.15) is 0 Å². The van der Waals surface area contributed by atoms with Crippen LogP contribution < -0.4 is 21.1 Å². The summed E-state index contributed by atoms with van der Waals surface area (Å²) in [5, 5.41) is 5.93. The zero-order chi connectivity index (χ0) is 25.5. The molecule has 188 valence electrons. The number of rotatable bonds is 11. The molecule has 1 aliphatic carbocycles. The lowest BCUT2D eigenvalue weighted by Crippen LogP contribution is -2.41. The van der Waals surface area contributed by atoms with E-state index in [0.29, 0.717) is 37.4 Å². The fraction of sp³-hybridized carbons (Fsp3) is 0.286. The first-order valence-corrected chi connectivity index (χ1v) is 12.6. The predicted molar refractivity (Wildman–Crippen MR) is 142 cm³/mol. The van der Waals surface area contributed by atoms with Crippen molar-refractivity contribution in [1.82, 2.24) is 5.32 Å². The molecule has 4 N–H and O–H groups in total. The molecule has 0 heterocycles. The Hall–Kier alpha value is -3.20. The van der Waals surface area contributed by atoms with Crippen LogP contribution in [-0.2, 0) is 27.5 Å². The van der Waals surface area contributed by atoms with E-state index in [0.717, 1.165) is 21.2 Å². The summed E-state index contributed by atoms with van der Waals surface area (Å²) < 4.78 is 12.1. The first kappa shape index (κ1) is 25.9. The average Bonchev–Trinajstić information content (AvgIpc) is 3.70. The van der Waals surface area contributed by atoms with Crippen LogP contribution in [0.3, 0.4) is 0 Å². The van der Waals surface area contributed by atoms with Crippen molar-refractivity contribution in [2.45, 2.75) is 44.1 Å². The highest BCUT2D eigenvalue weighted by Crippen LogP contribution is 2.40. The Balaban J connectivity index is 1.49. The summed E-state index contributed by atoms with van der Waals surface area (Å²) in [6.07, 6.45) is 1.38. The Morgan fingerprint density at radius 1 is 1.03 bits per heavy atom. The molecule has 36 heavy (non-hydrogen) atoms. The summed E-state index contributed by atoms with van der Waals surface area (Å²) in [7, 11) is 1.54. The molecule has 0 radical (unpaired) electrons. The van der Waals surface area contributed by atoms with Crippen molar-refractivity contribution < 1.29 is 19.1 Å². The van der Waals surface area contributed by atoms with E-state index in [-0.39, 0.29) is 18.2 Å². The highest BCUT2D eigenvalue weighted by atomic mass is 79.9. The second-order valence-electron chi connectivity index (χ2n) is 8.85. The highest BCUT2D eigenvalue weighted by Gasteiger charge is 2.51. The number of nitrogens with one attached hydrogen (secondary N) is 2. The van der Waals surface area contributed by atoms with Crippen LogP contribution in [0.15, 0.2) is 77.3 Å². The standard InChI is InChI=1S/C28H30BrN3O4/c1-35-28(12-13-28)27(34)32-24(16-26(33)31-22-9-5-8-20(14-22)17-30)21-10-11-25(23(29)15-21)36-18-19-6-3-2-4-7-19/h2-11,14-15,24H,12-13,16-18,30H2,1H3,(H,31,33)(H,32,34)/t24-/m1/s1. The summed E-state index contributed by atoms with van der Waals surface area (Å²) >= 11 is 3.58. The summed E-state index contributed by atoms with van der Waals surface area (Å²) in [5.74, 6) is 0.233. The molecule has 3 aromatic rings. The quantitative estimate of drug-likeness (QED) is 0.316. The molecule has 1 atom stereocenters. The van der Waals surface area contributed by atoms with Gasteiger partial charge >= 0.3 is 0 Å². The number of hydrogen-bond donors (Lipinski definition) is 3. The van der Waals surface area contributed by atoms with Crippen molar-refractivity contribution in [2.24, 2.45) is 5.73 Å². The van der Waals surface area contributed by atoms with Crippen LogP contribution in [0.2, 0.25) is 0 Å². The number of methoxy groups -OCH3 is 1. The number of halogens is 1. The van der Waals surface area contributed by atoms with Crippen molar-refractivity contribution in [1.29, 1.82) is 0 Å². The molecule has 7 nitrogen and oxygen atoms in total. The van der Waals surface area contributed by atoms with Gasteiger partial charge in [0.1, 0.15) is 18.0 Å². The monoisotopic (exact) mass is 551 g/mol. The average molecular weight is 552 g/mol. The molecule has 1 saturated carbocycles. The van der Waals surface area contributed by atoms with Gasteiger partial charge < -0.3 is 25.8 Å². The topological polar surface area (TPSA) is 103 Å². The summed E-state index contributed by atoms with van der Waals surface area (Å²) in [4.78, 5) is 25.9. The smallest absolute Gasteiger partial charge is 0.252 e. The van der Waals surface area contributed by atoms with Gasteiger partial charge in [0.2, 0.25) is 5.91 Å². The first-order valence-electron chi connectivity index (χ1n) is 11.8. The molecular weight excluding hydrogens is 522 g/mol. The van der Waals surface area contributed by atoms with Gasteiger partial charge in [-0.25, -0.2) is 0 Å². The highest BCUT2D eigenvalue weighted by molar-refractivity contribution is 9.10. The molecule has 0 aliphatic heterocycles. The van der Waals surface area contributed by atoms with E-state index in [9.17, 15) is 9.59 Å². The number of ether oxygens (including phenoxy) is 2. The molecule has 3 aromatic carbocycles. The third-order valence-electron chi connectivity index (χ3n) is 6.25. The predicted octanol–water partition coefficient (Wildman–Crippen LogP) is 4.85. The maximum absolute atomic E-state index is 13.0. The van der Waals surface area contributed by atoms with Gasteiger partial charge in [0.15, 0.2) is 0 Å². The molecule has 0 bridgehead atoms. The molecule has 4 rings (SSSR count). The number of carbonyl (C=O) groups is 2. The van der Waals surface area contributed by atoms with Crippen LogP contribution in [0.4, 0.5) is 5.69 Å². The van der Waals surface area contributed by atoms with E-state index < -0.39 is 11.6 Å². The van der Waals surface area contributed by atoms with Crippen LogP contribution in [0.5, 0.6) is 5.75 Å². The molecule has 0 saturated heterocycles. The van der Waals surface area contributed by atoms with E-state index in [2.05, 4.69) is 26.6 Å². The largest absolute Gasteiger partial charge is 0.488 e. The van der Waals surface area contributed by atoms with Crippen LogP contribution in [0.1, 0.15) is 42.0 Å². The molecule has 0 unspecified atom stereocenters. The molecule has 8 heteroatoms. The zero-order valence-corrected chi connectivity index (χ0v) is 21.7. The molecule has 1 fully saturated rings. The lowest BCUT2D eigenvalue weighted by Gasteiger charge is -2.23. The number of anilines is 1. The summed E-state index contributed by atoms with van der Waals surface area (Å²) in [6, 6.07) is 22.3. The number of hydrogen-bond acceptors (Lipinski definition) is 5. The third kappa shape index (κ3) is 6.51. The van der Waals surface area contributed by atoms with Crippen LogP contribution in [-0.4, -0.2) is 24.5 Å². The molecule has 2 amide bonds. The minimum Gasteiger partial charge on any atom is -0.488 e. The van der Waals surface area contributed by atoms with E-state index >= 15 is 0 Å². The van der Waals surface area contributed by atoms with Gasteiger partial charge in [0.25, 0.3) is 5.91 Å². The molecule has 0 spiro atoms. The van der Waals surface area contributed by atoms with Crippen molar-refractivity contribution in [3.05, 3.63) is 94.0 Å². The fourth-order valence-electron chi connectivity index (χ4n) is 3.94. The van der Waals surface area contributed by atoms with Crippen molar-refractivity contribution in [3.63, 3.8) is 0 Å². The minimum atomic E-state index is -0.805. The number of benzene rings is 3. The Morgan fingerprint density at radius 2 is 1.78 bits per heavy atom. The minimum absolute atomic E-state index is 0.0506.